The molecule has 1 aliphatic carbocycles. The minimum Gasteiger partial charge on any atom is -0.184 e. The smallest absolute Gasteiger partial charge is 0.0865 e. The van der Waals surface area contributed by atoms with Crippen molar-refractivity contribution in [3.05, 3.63) is 95.6 Å². The molecule has 2 nitrogen and oxygen atoms in total. The highest BCUT2D eigenvalue weighted by molar-refractivity contribution is 5.92. The highest BCUT2D eigenvalue weighted by atomic mass is 15.1. The Labute approximate surface area is 167 Å². The highest BCUT2D eigenvalue weighted by Gasteiger charge is 2.24. The van der Waals surface area contributed by atoms with Crippen LogP contribution in [0.25, 0.3) is 16.3 Å². The van der Waals surface area contributed by atoms with Crippen LogP contribution < -0.4 is 0 Å². The van der Waals surface area contributed by atoms with Gasteiger partial charge in [-0.2, -0.15) is 10.2 Å². The molecule has 0 fully saturated rings. The van der Waals surface area contributed by atoms with Gasteiger partial charge in [0.25, 0.3) is 0 Å². The summed E-state index contributed by atoms with van der Waals surface area (Å²) in [7, 11) is 0. The Morgan fingerprint density at radius 1 is 0.857 bits per heavy atom. The van der Waals surface area contributed by atoms with Crippen molar-refractivity contribution in [3.63, 3.8) is 0 Å². The molecule has 1 aliphatic rings. The standard InChI is InChI=1S/C26H26N2/c1-26(2,3)25-15-9-14-23(25)22-17-16-19-10-7-8-13-21(19)24(22)18-27-28-20-11-5-4-6-12-20/h4-13,15-17H,14,18H2,1-3H3. The second-order valence-electron chi connectivity index (χ2n) is 8.30. The van der Waals surface area contributed by atoms with E-state index in [0.717, 1.165) is 12.1 Å². The summed E-state index contributed by atoms with van der Waals surface area (Å²) in [6.45, 7) is 7.43. The minimum atomic E-state index is 0.122. The van der Waals surface area contributed by atoms with Gasteiger partial charge in [0.1, 0.15) is 0 Å². The van der Waals surface area contributed by atoms with Gasteiger partial charge in [0.2, 0.25) is 0 Å². The summed E-state index contributed by atoms with van der Waals surface area (Å²) in [5, 5.41) is 11.5. The van der Waals surface area contributed by atoms with E-state index in [9.17, 15) is 0 Å². The highest BCUT2D eigenvalue weighted by Crippen LogP contribution is 2.41. The Kier molecular flexibility index (Phi) is 4.95. The molecule has 4 rings (SSSR count). The summed E-state index contributed by atoms with van der Waals surface area (Å²) in [4.78, 5) is 0. The van der Waals surface area contributed by atoms with E-state index in [1.807, 2.05) is 30.3 Å². The normalized spacial score (nSPS) is 14.5. The number of hydrogen-bond acceptors (Lipinski definition) is 2. The second kappa shape index (κ2) is 7.55. The molecule has 3 aromatic carbocycles. The van der Waals surface area contributed by atoms with Crippen LogP contribution in [-0.2, 0) is 6.54 Å². The molecule has 0 heterocycles. The SMILES string of the molecule is CC(C)(C)C1=C(c2ccc3ccccc3c2CN=Nc2ccccc2)CC=C1. The lowest BCUT2D eigenvalue weighted by molar-refractivity contribution is 0.520. The zero-order chi connectivity index (χ0) is 19.6. The van der Waals surface area contributed by atoms with Crippen molar-refractivity contribution in [2.24, 2.45) is 15.6 Å². The first-order valence-electron chi connectivity index (χ1n) is 9.88. The van der Waals surface area contributed by atoms with Gasteiger partial charge in [-0.25, -0.2) is 0 Å². The maximum Gasteiger partial charge on any atom is 0.0865 e. The van der Waals surface area contributed by atoms with Crippen LogP contribution in [0.4, 0.5) is 5.69 Å². The fourth-order valence-corrected chi connectivity index (χ4v) is 3.93. The van der Waals surface area contributed by atoms with E-state index in [4.69, 9.17) is 0 Å². The summed E-state index contributed by atoms with van der Waals surface area (Å²) < 4.78 is 0. The number of azo groups is 1. The van der Waals surface area contributed by atoms with Crippen molar-refractivity contribution in [3.8, 4) is 0 Å². The van der Waals surface area contributed by atoms with Crippen LogP contribution in [0.1, 0.15) is 38.3 Å². The average Bonchev–Trinajstić information content (AvgIpc) is 3.19. The summed E-state index contributed by atoms with van der Waals surface area (Å²) in [6.07, 6.45) is 5.55. The molecule has 0 N–H and O–H groups in total. The zero-order valence-corrected chi connectivity index (χ0v) is 16.8. The largest absolute Gasteiger partial charge is 0.184 e. The quantitative estimate of drug-likeness (QED) is 0.419. The molecule has 140 valence electrons. The first-order valence-corrected chi connectivity index (χ1v) is 9.88. The second-order valence-corrected chi connectivity index (χ2v) is 8.30. The maximum absolute atomic E-state index is 4.56. The van der Waals surface area contributed by atoms with Crippen LogP contribution >= 0.6 is 0 Å². The lowest BCUT2D eigenvalue weighted by atomic mass is 9.81. The fraction of sp³-hybridized carbons (Fsp3) is 0.231. The molecule has 0 unspecified atom stereocenters. The van der Waals surface area contributed by atoms with Crippen molar-refractivity contribution >= 4 is 22.0 Å². The van der Waals surface area contributed by atoms with Crippen molar-refractivity contribution in [1.82, 2.24) is 0 Å². The Hall–Kier alpha value is -3.00. The Bertz CT molecular complexity index is 1080. The zero-order valence-electron chi connectivity index (χ0n) is 16.8. The van der Waals surface area contributed by atoms with Crippen LogP contribution in [0.15, 0.2) is 94.7 Å². The van der Waals surface area contributed by atoms with Crippen LogP contribution in [0, 0.1) is 5.41 Å². The van der Waals surface area contributed by atoms with Crippen LogP contribution in [0.2, 0.25) is 0 Å². The third-order valence-electron chi connectivity index (χ3n) is 5.28. The minimum absolute atomic E-state index is 0.122. The number of fused-ring (bicyclic) bond motifs is 1. The lowest BCUT2D eigenvalue weighted by Crippen LogP contribution is -2.09. The summed E-state index contributed by atoms with van der Waals surface area (Å²) in [5.41, 5.74) is 6.42. The van der Waals surface area contributed by atoms with Crippen LogP contribution in [0.5, 0.6) is 0 Å². The Morgan fingerprint density at radius 3 is 2.39 bits per heavy atom. The molecule has 0 amide bonds. The Balaban J connectivity index is 1.81. The van der Waals surface area contributed by atoms with E-state index in [1.54, 1.807) is 0 Å². The van der Waals surface area contributed by atoms with E-state index in [2.05, 4.69) is 79.5 Å². The first-order chi connectivity index (χ1) is 13.5. The monoisotopic (exact) mass is 366 g/mol. The molecule has 0 atom stereocenters. The van der Waals surface area contributed by atoms with Crippen molar-refractivity contribution in [2.45, 2.75) is 33.7 Å². The molecule has 3 aromatic rings. The van der Waals surface area contributed by atoms with E-state index in [0.29, 0.717) is 6.54 Å². The summed E-state index contributed by atoms with van der Waals surface area (Å²) >= 11 is 0. The van der Waals surface area contributed by atoms with Crippen LogP contribution in [-0.4, -0.2) is 0 Å². The van der Waals surface area contributed by atoms with Gasteiger partial charge in [0, 0.05) is 0 Å². The Morgan fingerprint density at radius 2 is 1.61 bits per heavy atom. The fourth-order valence-electron chi connectivity index (χ4n) is 3.93. The number of benzene rings is 3. The third kappa shape index (κ3) is 3.68. The predicted octanol–water partition coefficient (Wildman–Crippen LogP) is 7.88. The van der Waals surface area contributed by atoms with Gasteiger partial charge in [0.15, 0.2) is 0 Å². The van der Waals surface area contributed by atoms with Gasteiger partial charge in [-0.05, 0) is 57.0 Å². The van der Waals surface area contributed by atoms with Crippen molar-refractivity contribution in [2.75, 3.05) is 0 Å². The number of allylic oxidation sites excluding steroid dienone is 4. The van der Waals surface area contributed by atoms with Gasteiger partial charge in [-0.3, -0.25) is 0 Å². The molecule has 0 radical (unpaired) electrons. The number of nitrogens with zero attached hydrogens (tertiary/aromatic N) is 2. The van der Waals surface area contributed by atoms with Crippen LogP contribution in [0.3, 0.4) is 0 Å². The molecule has 0 aromatic heterocycles. The van der Waals surface area contributed by atoms with Crippen molar-refractivity contribution < 1.29 is 0 Å². The first kappa shape index (κ1) is 18.4. The van der Waals surface area contributed by atoms with E-state index in [1.165, 1.54) is 33.0 Å². The van der Waals surface area contributed by atoms with E-state index >= 15 is 0 Å². The molecule has 28 heavy (non-hydrogen) atoms. The molecule has 0 saturated carbocycles. The van der Waals surface area contributed by atoms with Gasteiger partial charge < -0.3 is 0 Å². The molecule has 0 aliphatic heterocycles. The molecular formula is C26H26N2. The molecule has 0 spiro atoms. The molecule has 0 saturated heterocycles. The third-order valence-corrected chi connectivity index (χ3v) is 5.28. The van der Waals surface area contributed by atoms with Gasteiger partial charge in [-0.1, -0.05) is 87.5 Å². The number of hydrogen-bond donors (Lipinski definition) is 0. The van der Waals surface area contributed by atoms with Crippen molar-refractivity contribution in [1.29, 1.82) is 0 Å². The van der Waals surface area contributed by atoms with E-state index < -0.39 is 0 Å². The molecule has 2 heteroatoms. The maximum atomic E-state index is 4.56. The summed E-state index contributed by atoms with van der Waals surface area (Å²) in [5.74, 6) is 0. The lowest BCUT2D eigenvalue weighted by Gasteiger charge is -2.23. The summed E-state index contributed by atoms with van der Waals surface area (Å²) in [6, 6.07) is 23.0. The van der Waals surface area contributed by atoms with Gasteiger partial charge in [-0.15, -0.1) is 0 Å². The molecular weight excluding hydrogens is 340 g/mol. The van der Waals surface area contributed by atoms with E-state index in [-0.39, 0.29) is 5.41 Å². The van der Waals surface area contributed by atoms with Gasteiger partial charge >= 0.3 is 0 Å². The average molecular weight is 367 g/mol. The number of rotatable bonds is 4. The topological polar surface area (TPSA) is 24.7 Å². The van der Waals surface area contributed by atoms with Gasteiger partial charge in [0.05, 0.1) is 12.2 Å². The predicted molar refractivity (Wildman–Crippen MR) is 119 cm³/mol. The molecule has 0 bridgehead atoms.